The van der Waals surface area contributed by atoms with Crippen molar-refractivity contribution in [3.05, 3.63) is 34.3 Å². The van der Waals surface area contributed by atoms with Crippen molar-refractivity contribution in [1.82, 2.24) is 10.1 Å². The van der Waals surface area contributed by atoms with Gasteiger partial charge in [-0.3, -0.25) is 0 Å². The number of rotatable bonds is 2. The smallest absolute Gasteiger partial charge is 0.260 e. The Hall–Kier alpha value is -1.27. The summed E-state index contributed by atoms with van der Waals surface area (Å²) in [4.78, 5) is 3.81. The lowest BCUT2D eigenvalue weighted by Gasteiger charge is -1.96. The van der Waals surface area contributed by atoms with Crippen molar-refractivity contribution in [3.63, 3.8) is 0 Å². The van der Waals surface area contributed by atoms with Crippen molar-refractivity contribution in [2.45, 2.75) is 6.61 Å². The van der Waals surface area contributed by atoms with Gasteiger partial charge in [-0.1, -0.05) is 21.1 Å². The van der Waals surface area contributed by atoms with Crippen LogP contribution in [0, 0.1) is 5.82 Å². The minimum Gasteiger partial charge on any atom is -0.388 e. The zero-order valence-electron chi connectivity index (χ0n) is 7.44. The molecule has 1 heterocycles. The van der Waals surface area contributed by atoms with E-state index in [0.29, 0.717) is 4.47 Å². The van der Waals surface area contributed by atoms with Gasteiger partial charge >= 0.3 is 0 Å². The molecule has 0 amide bonds. The average Bonchev–Trinajstić information content (AvgIpc) is 2.66. The van der Waals surface area contributed by atoms with Gasteiger partial charge in [-0.05, 0) is 18.2 Å². The molecule has 0 aliphatic heterocycles. The van der Waals surface area contributed by atoms with E-state index in [1.807, 2.05) is 0 Å². The molecule has 2 rings (SSSR count). The van der Waals surface area contributed by atoms with E-state index in [2.05, 4.69) is 26.1 Å². The molecule has 15 heavy (non-hydrogen) atoms. The summed E-state index contributed by atoms with van der Waals surface area (Å²) in [6.07, 6.45) is 0. The van der Waals surface area contributed by atoms with Gasteiger partial charge in [-0.2, -0.15) is 4.98 Å². The molecule has 0 saturated heterocycles. The van der Waals surface area contributed by atoms with Gasteiger partial charge in [0.05, 0.1) is 5.56 Å². The first-order valence-corrected chi connectivity index (χ1v) is 4.89. The Kier molecular flexibility index (Phi) is 2.79. The average molecular weight is 273 g/mol. The van der Waals surface area contributed by atoms with Crippen LogP contribution >= 0.6 is 15.9 Å². The van der Waals surface area contributed by atoms with E-state index in [1.165, 1.54) is 12.1 Å². The second kappa shape index (κ2) is 4.08. The minimum absolute atomic E-state index is 0.0593. The fraction of sp³-hybridized carbons (Fsp3) is 0.111. The predicted molar refractivity (Wildman–Crippen MR) is 53.3 cm³/mol. The number of aliphatic hydroxyl groups excluding tert-OH is 1. The van der Waals surface area contributed by atoms with Gasteiger partial charge < -0.3 is 9.63 Å². The zero-order chi connectivity index (χ0) is 10.8. The highest BCUT2D eigenvalue weighted by Gasteiger charge is 2.12. The standard InChI is InChI=1S/C9H6BrFN2O2/c10-5-1-2-6(7(11)3-5)9-12-8(4-14)13-15-9/h1-3,14H,4H2. The summed E-state index contributed by atoms with van der Waals surface area (Å²) in [5, 5.41) is 12.2. The lowest BCUT2D eigenvalue weighted by molar-refractivity contribution is 0.264. The Bertz CT molecular complexity index is 487. The lowest BCUT2D eigenvalue weighted by Crippen LogP contribution is -1.87. The Labute approximate surface area is 92.9 Å². The van der Waals surface area contributed by atoms with Crippen LogP contribution in [0.15, 0.2) is 27.2 Å². The second-order valence-electron chi connectivity index (χ2n) is 2.80. The first-order valence-electron chi connectivity index (χ1n) is 4.09. The number of nitrogens with zero attached hydrogens (tertiary/aromatic N) is 2. The Balaban J connectivity index is 2.44. The molecule has 0 aliphatic carbocycles. The molecule has 1 aromatic carbocycles. The maximum Gasteiger partial charge on any atom is 0.260 e. The molecule has 0 radical (unpaired) electrons. The molecule has 1 aromatic heterocycles. The highest BCUT2D eigenvalue weighted by molar-refractivity contribution is 9.10. The van der Waals surface area contributed by atoms with Gasteiger partial charge in [0.15, 0.2) is 5.82 Å². The lowest BCUT2D eigenvalue weighted by atomic mass is 10.2. The largest absolute Gasteiger partial charge is 0.388 e. The third kappa shape index (κ3) is 2.05. The van der Waals surface area contributed by atoms with Gasteiger partial charge in [0.1, 0.15) is 12.4 Å². The molecular weight excluding hydrogens is 267 g/mol. The van der Waals surface area contributed by atoms with Crippen LogP contribution < -0.4 is 0 Å². The van der Waals surface area contributed by atoms with Crippen molar-refractivity contribution >= 4 is 15.9 Å². The maximum atomic E-state index is 13.4. The van der Waals surface area contributed by atoms with Crippen molar-refractivity contribution in [3.8, 4) is 11.5 Å². The quantitative estimate of drug-likeness (QED) is 0.910. The van der Waals surface area contributed by atoms with E-state index in [4.69, 9.17) is 9.63 Å². The summed E-state index contributed by atoms with van der Waals surface area (Å²) < 4.78 is 18.8. The monoisotopic (exact) mass is 272 g/mol. The van der Waals surface area contributed by atoms with E-state index in [1.54, 1.807) is 6.07 Å². The molecule has 4 nitrogen and oxygen atoms in total. The molecule has 0 fully saturated rings. The number of aliphatic hydroxyl groups is 1. The second-order valence-corrected chi connectivity index (χ2v) is 3.71. The molecule has 2 aromatic rings. The molecule has 0 bridgehead atoms. The number of benzene rings is 1. The number of aromatic nitrogens is 2. The summed E-state index contributed by atoms with van der Waals surface area (Å²) in [5.74, 6) is -0.270. The van der Waals surface area contributed by atoms with E-state index in [0.717, 1.165) is 0 Å². The van der Waals surface area contributed by atoms with Crippen LogP contribution in [0.2, 0.25) is 0 Å². The summed E-state index contributed by atoms with van der Waals surface area (Å²) in [5.41, 5.74) is 0.213. The van der Waals surface area contributed by atoms with Crippen LogP contribution in [0.3, 0.4) is 0 Å². The van der Waals surface area contributed by atoms with E-state index < -0.39 is 5.82 Å². The molecule has 78 valence electrons. The normalized spacial score (nSPS) is 10.6. The van der Waals surface area contributed by atoms with Gasteiger partial charge in [0.25, 0.3) is 5.89 Å². The topological polar surface area (TPSA) is 59.2 Å². The molecule has 6 heteroatoms. The van der Waals surface area contributed by atoms with Crippen LogP contribution in [-0.4, -0.2) is 15.2 Å². The highest BCUT2D eigenvalue weighted by Crippen LogP contribution is 2.23. The summed E-state index contributed by atoms with van der Waals surface area (Å²) >= 11 is 3.14. The molecule has 0 aliphatic rings. The summed E-state index contributed by atoms with van der Waals surface area (Å²) in [7, 11) is 0. The first-order chi connectivity index (χ1) is 7.20. The molecule has 0 saturated carbocycles. The molecule has 0 atom stereocenters. The van der Waals surface area contributed by atoms with Crippen molar-refractivity contribution in [2.24, 2.45) is 0 Å². The third-order valence-electron chi connectivity index (χ3n) is 1.77. The van der Waals surface area contributed by atoms with Crippen molar-refractivity contribution in [1.29, 1.82) is 0 Å². The maximum absolute atomic E-state index is 13.4. The van der Waals surface area contributed by atoms with Crippen molar-refractivity contribution < 1.29 is 14.0 Å². The fourth-order valence-electron chi connectivity index (χ4n) is 1.09. The Morgan fingerprint density at radius 1 is 1.47 bits per heavy atom. The number of hydrogen-bond acceptors (Lipinski definition) is 4. The summed E-state index contributed by atoms with van der Waals surface area (Å²) in [6.45, 7) is -0.332. The van der Waals surface area contributed by atoms with E-state index in [-0.39, 0.29) is 23.9 Å². The van der Waals surface area contributed by atoms with Crippen molar-refractivity contribution in [2.75, 3.05) is 0 Å². The van der Waals surface area contributed by atoms with Gasteiger partial charge in [-0.25, -0.2) is 4.39 Å². The Morgan fingerprint density at radius 3 is 2.87 bits per heavy atom. The van der Waals surface area contributed by atoms with Gasteiger partial charge in [0, 0.05) is 4.47 Å². The van der Waals surface area contributed by atoms with Crippen LogP contribution in [0.1, 0.15) is 5.82 Å². The van der Waals surface area contributed by atoms with E-state index in [9.17, 15) is 4.39 Å². The number of hydrogen-bond donors (Lipinski definition) is 1. The third-order valence-corrected chi connectivity index (χ3v) is 2.26. The molecule has 1 N–H and O–H groups in total. The predicted octanol–water partition coefficient (Wildman–Crippen LogP) is 2.13. The van der Waals surface area contributed by atoms with Crippen LogP contribution in [-0.2, 0) is 6.61 Å². The summed E-state index contributed by atoms with van der Waals surface area (Å²) in [6, 6.07) is 4.49. The molecule has 0 unspecified atom stereocenters. The SMILES string of the molecule is OCc1noc(-c2ccc(Br)cc2F)n1. The highest BCUT2D eigenvalue weighted by atomic mass is 79.9. The van der Waals surface area contributed by atoms with Gasteiger partial charge in [0.2, 0.25) is 0 Å². The van der Waals surface area contributed by atoms with Crippen LogP contribution in [0.25, 0.3) is 11.5 Å². The minimum atomic E-state index is -0.461. The zero-order valence-corrected chi connectivity index (χ0v) is 9.03. The first kappa shape index (κ1) is 10.3. The molecule has 0 spiro atoms. The van der Waals surface area contributed by atoms with Crippen LogP contribution in [0.5, 0.6) is 0 Å². The van der Waals surface area contributed by atoms with Gasteiger partial charge in [-0.15, -0.1) is 0 Å². The number of halogens is 2. The van der Waals surface area contributed by atoms with Crippen LogP contribution in [0.4, 0.5) is 4.39 Å². The Morgan fingerprint density at radius 2 is 2.27 bits per heavy atom. The fourth-order valence-corrected chi connectivity index (χ4v) is 1.42. The van der Waals surface area contributed by atoms with E-state index >= 15 is 0 Å². The molecular formula is C9H6BrFN2O2.